The molecule has 5 aliphatic carbocycles. The van der Waals surface area contributed by atoms with E-state index in [4.69, 9.17) is 23.4 Å². The molecule has 1 aromatic rings. The summed E-state index contributed by atoms with van der Waals surface area (Å²) in [5, 5.41) is 28.2. The van der Waals surface area contributed by atoms with Gasteiger partial charge in [0.15, 0.2) is 11.9 Å². The van der Waals surface area contributed by atoms with E-state index in [0.29, 0.717) is 74.2 Å². The Bertz CT molecular complexity index is 2080. The molecule has 12 rings (SSSR count). The number of aliphatic hydroxyl groups excluding tert-OH is 2. The Morgan fingerprint density at radius 2 is 1.77 bits per heavy atom. The van der Waals surface area contributed by atoms with Gasteiger partial charge in [0, 0.05) is 40.8 Å². The van der Waals surface area contributed by atoms with E-state index in [2.05, 4.69) is 43.3 Å². The van der Waals surface area contributed by atoms with Crippen LogP contribution >= 0.6 is 0 Å². The van der Waals surface area contributed by atoms with Crippen LogP contribution in [0.4, 0.5) is 0 Å². The summed E-state index contributed by atoms with van der Waals surface area (Å²) in [6.07, 6.45) is 12.5. The Hall–Kier alpha value is -2.77. The van der Waals surface area contributed by atoms with Crippen LogP contribution in [0.5, 0.6) is 0 Å². The van der Waals surface area contributed by atoms with Gasteiger partial charge in [-0.1, -0.05) is 46.6 Å². The fraction of sp³-hybridized carbons (Fsp3) is 0.820. The molecule has 0 aromatic carbocycles. The van der Waals surface area contributed by atoms with Crippen molar-refractivity contribution in [2.45, 2.75) is 166 Å². The number of nitrogens with one attached hydrogen (secondary N) is 1. The second-order valence-electron chi connectivity index (χ2n) is 23.4. The van der Waals surface area contributed by atoms with Crippen molar-refractivity contribution in [1.29, 1.82) is 0 Å². The lowest BCUT2D eigenvalue weighted by Crippen LogP contribution is -2.77. The zero-order valence-corrected chi connectivity index (χ0v) is 37.3. The first-order valence-electron chi connectivity index (χ1n) is 24.5. The number of nitrogens with zero attached hydrogens (tertiary/aromatic N) is 1. The third kappa shape index (κ3) is 4.90. The van der Waals surface area contributed by atoms with E-state index in [9.17, 15) is 19.8 Å². The largest absolute Gasteiger partial charge is 0.469 e. The number of esters is 2. The van der Waals surface area contributed by atoms with Crippen molar-refractivity contribution in [2.75, 3.05) is 19.8 Å². The fourth-order valence-corrected chi connectivity index (χ4v) is 17.8. The number of furan rings is 1. The third-order valence-electron chi connectivity index (χ3n) is 20.6. The molecule has 7 heterocycles. The van der Waals surface area contributed by atoms with E-state index in [1.807, 2.05) is 19.9 Å². The monoisotopic (exact) mass is 856 g/mol. The number of fused-ring (bicyclic) bond motifs is 6. The molecule has 1 aromatic heterocycles. The Labute approximate surface area is 365 Å². The third-order valence-corrected chi connectivity index (χ3v) is 20.6. The van der Waals surface area contributed by atoms with Gasteiger partial charge in [-0.3, -0.25) is 14.9 Å². The first-order chi connectivity index (χ1) is 29.6. The van der Waals surface area contributed by atoms with Crippen molar-refractivity contribution in [2.24, 2.45) is 69.0 Å². The van der Waals surface area contributed by atoms with Crippen LogP contribution in [-0.2, 0) is 39.8 Å². The van der Waals surface area contributed by atoms with Crippen LogP contribution in [-0.4, -0.2) is 94.3 Å². The number of Topliss-reactive ketones (excluding diaryl/α,β-unsaturated/α-hetero) is 1. The van der Waals surface area contributed by atoms with Crippen molar-refractivity contribution in [3.05, 3.63) is 35.9 Å². The minimum Gasteiger partial charge on any atom is -0.469 e. The molecule has 0 radical (unpaired) electrons. The van der Waals surface area contributed by atoms with Gasteiger partial charge >= 0.3 is 11.9 Å². The Morgan fingerprint density at radius 3 is 2.56 bits per heavy atom. The maximum Gasteiger partial charge on any atom is 0.339 e. The minimum atomic E-state index is -1.44. The van der Waals surface area contributed by atoms with Gasteiger partial charge in [0.2, 0.25) is 0 Å². The summed E-state index contributed by atoms with van der Waals surface area (Å²) >= 11 is 0. The van der Waals surface area contributed by atoms with Crippen LogP contribution in [0.15, 0.2) is 29.0 Å². The smallest absolute Gasteiger partial charge is 0.339 e. The van der Waals surface area contributed by atoms with Gasteiger partial charge in [-0.15, -0.1) is 0 Å². The summed E-state index contributed by atoms with van der Waals surface area (Å²) in [6, 6.07) is 2.47. The van der Waals surface area contributed by atoms with Gasteiger partial charge < -0.3 is 38.5 Å². The standard InChI is InChI=1S/C50H68N2O10/c1-26(2)10-17-46(4)38-37(54)39(55)47(5)36(49(38)24-59-44(57)48(43(49)62-46)14-6-7-15-48)11-16-45(3)40(60-42(56)41-50(45,47)61-41)29-13-19-58-35(29)22-32-30-20-28-12-18-52-25-51-23-33(52)31(28)21-27(30)8-9-34(32)53/h12-13,18-19,26-28,30-34,36,38-41,43,51,53,55H,6-11,14-17,20-25H2,1-5H3/t27-,28+,30-,31-,32+,33-,34+,36-,38+,39+,40-,41+,43-,45-,46-,47-,49+,50+/m0/s1. The lowest BCUT2D eigenvalue weighted by molar-refractivity contribution is -0.264. The van der Waals surface area contributed by atoms with Gasteiger partial charge in [0.05, 0.1) is 42.1 Å². The molecule has 6 aliphatic heterocycles. The molecule has 11 aliphatic rings. The summed E-state index contributed by atoms with van der Waals surface area (Å²) in [5.41, 5.74) is -5.17. The summed E-state index contributed by atoms with van der Waals surface area (Å²) in [5.74, 6) is 1.08. The topological polar surface area (TPSA) is 160 Å². The quantitative estimate of drug-likeness (QED) is 0.226. The molecule has 12 nitrogen and oxygen atoms in total. The van der Waals surface area contributed by atoms with Crippen molar-refractivity contribution < 1.29 is 48.0 Å². The molecule has 3 spiro atoms. The van der Waals surface area contributed by atoms with Crippen LogP contribution in [0.1, 0.15) is 129 Å². The molecule has 3 N–H and O–H groups in total. The van der Waals surface area contributed by atoms with Crippen LogP contribution in [0.25, 0.3) is 0 Å². The van der Waals surface area contributed by atoms with E-state index in [1.54, 1.807) is 6.26 Å². The van der Waals surface area contributed by atoms with Gasteiger partial charge in [-0.2, -0.15) is 0 Å². The van der Waals surface area contributed by atoms with E-state index in [1.165, 1.54) is 6.42 Å². The van der Waals surface area contributed by atoms with Gasteiger partial charge in [-0.25, -0.2) is 4.79 Å². The summed E-state index contributed by atoms with van der Waals surface area (Å²) in [4.78, 5) is 46.4. The number of ketones is 1. The molecule has 5 saturated carbocycles. The zero-order chi connectivity index (χ0) is 42.9. The second-order valence-corrected chi connectivity index (χ2v) is 23.4. The number of hydrogen-bond acceptors (Lipinski definition) is 12. The van der Waals surface area contributed by atoms with Crippen molar-refractivity contribution >= 4 is 17.7 Å². The molecule has 0 amide bonds. The summed E-state index contributed by atoms with van der Waals surface area (Å²) in [7, 11) is 0. The van der Waals surface area contributed by atoms with E-state index in [-0.39, 0.29) is 30.2 Å². The maximum atomic E-state index is 15.5. The fourth-order valence-electron chi connectivity index (χ4n) is 17.8. The molecule has 0 bridgehead atoms. The van der Waals surface area contributed by atoms with Crippen molar-refractivity contribution in [1.82, 2.24) is 10.2 Å². The molecule has 18 atom stereocenters. The normalized spacial score (nSPS) is 51.6. The van der Waals surface area contributed by atoms with Crippen molar-refractivity contribution in [3.63, 3.8) is 0 Å². The number of hydrogen-bond donors (Lipinski definition) is 3. The minimum absolute atomic E-state index is 0.00187. The predicted octanol–water partition coefficient (Wildman–Crippen LogP) is 6.03. The van der Waals surface area contributed by atoms with E-state index >= 15 is 4.79 Å². The lowest BCUT2D eigenvalue weighted by Gasteiger charge is -2.67. The Kier molecular flexibility index (Phi) is 8.81. The van der Waals surface area contributed by atoms with E-state index in [0.717, 1.165) is 63.1 Å². The van der Waals surface area contributed by atoms with Crippen LogP contribution < -0.4 is 5.32 Å². The van der Waals surface area contributed by atoms with Crippen LogP contribution in [0, 0.1) is 69.0 Å². The number of ether oxygens (including phenoxy) is 4. The highest BCUT2D eigenvalue weighted by Gasteiger charge is 2.92. The zero-order valence-electron chi connectivity index (χ0n) is 37.3. The van der Waals surface area contributed by atoms with Crippen LogP contribution in [0.3, 0.4) is 0 Å². The predicted molar refractivity (Wildman–Crippen MR) is 223 cm³/mol. The number of rotatable bonds is 6. The first-order valence-corrected chi connectivity index (χ1v) is 24.5. The molecular weight excluding hydrogens is 789 g/mol. The average Bonchev–Trinajstić information content (AvgIpc) is 3.68. The number of epoxide rings is 1. The SMILES string of the molecule is CC(C)CC[C@]1(C)O[C@H]2C3(CCCC3)C(=O)OC[C@]23[C@H]2CC[C@@]4(C)[C@H](c5ccoc5C[C@@H]5[C@H]6C[C@H]7C=CN8CNC[C@H]8[C@H]7C[C@@H]6CC[C@H]5O)OC(=O)[C@H]5O[C@]54[C@]2(C)[C@H](O)C(=O)[C@@H]31. The van der Waals surface area contributed by atoms with E-state index < -0.39 is 75.3 Å². The lowest BCUT2D eigenvalue weighted by atomic mass is 9.35. The highest BCUT2D eigenvalue weighted by molar-refractivity contribution is 5.92. The van der Waals surface area contributed by atoms with Gasteiger partial charge in [-0.05, 0) is 125 Å². The number of aliphatic hydroxyl groups is 2. The highest BCUT2D eigenvalue weighted by Crippen LogP contribution is 2.81. The Morgan fingerprint density at radius 1 is 0.968 bits per heavy atom. The number of cyclic esters (lactones) is 2. The molecular formula is C50H68N2O10. The number of carbonyl (C=O) groups excluding carboxylic acids is 3. The molecule has 12 heteroatoms. The molecule has 10 fully saturated rings. The van der Waals surface area contributed by atoms with Gasteiger partial charge in [0.25, 0.3) is 0 Å². The summed E-state index contributed by atoms with van der Waals surface area (Å²) < 4.78 is 33.4. The highest BCUT2D eigenvalue weighted by atomic mass is 16.7. The summed E-state index contributed by atoms with van der Waals surface area (Å²) in [6.45, 7) is 12.5. The average molecular weight is 857 g/mol. The second kappa shape index (κ2) is 13.4. The molecule has 62 heavy (non-hydrogen) atoms. The molecule has 0 unspecified atom stereocenters. The van der Waals surface area contributed by atoms with Crippen molar-refractivity contribution in [3.8, 4) is 0 Å². The Balaban J connectivity index is 0.905. The first kappa shape index (κ1) is 40.7. The van der Waals surface area contributed by atoms with Crippen LogP contribution in [0.2, 0.25) is 0 Å². The maximum absolute atomic E-state index is 15.5. The number of carbonyl (C=O) groups is 3. The number of allylic oxidation sites excluding steroid dienone is 1. The molecule has 5 saturated heterocycles. The van der Waals surface area contributed by atoms with Gasteiger partial charge in [0.1, 0.15) is 30.2 Å². The molecule has 338 valence electrons.